The zero-order valence-electron chi connectivity index (χ0n) is 17.0. The van der Waals surface area contributed by atoms with Crippen LogP contribution in [0.4, 0.5) is 5.69 Å². The van der Waals surface area contributed by atoms with Crippen LogP contribution in [-0.2, 0) is 19.1 Å². The molecule has 2 aromatic carbocycles. The molecule has 6 heteroatoms. The van der Waals surface area contributed by atoms with Gasteiger partial charge in [0, 0.05) is 12.5 Å². The molecule has 2 amide bonds. The van der Waals surface area contributed by atoms with Crippen molar-refractivity contribution in [3.63, 3.8) is 0 Å². The minimum absolute atomic E-state index is 0.265. The first-order valence-electron chi connectivity index (χ1n) is 9.73. The Kier molecular flexibility index (Phi) is 4.54. The maximum absolute atomic E-state index is 13.5. The fraction of sp³-hybridized carbons (Fsp3) is 0.348. The number of quaternary nitrogens is 1. The predicted octanol–water partition coefficient (Wildman–Crippen LogP) is 1.66. The molecule has 2 heterocycles. The van der Waals surface area contributed by atoms with Gasteiger partial charge in [0.25, 0.3) is 0 Å². The lowest BCUT2D eigenvalue weighted by atomic mass is 9.80. The van der Waals surface area contributed by atoms with Gasteiger partial charge in [0.15, 0.2) is 0 Å². The summed E-state index contributed by atoms with van der Waals surface area (Å²) in [6.07, 6.45) is 0. The number of fused-ring (bicyclic) bond motifs is 1. The monoisotopic (exact) mass is 393 g/mol. The number of anilines is 1. The molecular formula is C23H25N2O4+. The van der Waals surface area contributed by atoms with E-state index in [1.807, 2.05) is 55.6 Å². The van der Waals surface area contributed by atoms with Crippen LogP contribution in [0.25, 0.3) is 0 Å². The van der Waals surface area contributed by atoms with Crippen LogP contribution in [-0.4, -0.2) is 30.4 Å². The average molecular weight is 393 g/mol. The van der Waals surface area contributed by atoms with E-state index in [1.54, 1.807) is 19.1 Å². The lowest BCUT2D eigenvalue weighted by molar-refractivity contribution is -0.730. The van der Waals surface area contributed by atoms with Crippen molar-refractivity contribution in [3.05, 3.63) is 65.2 Å². The van der Waals surface area contributed by atoms with Crippen LogP contribution >= 0.6 is 0 Å². The van der Waals surface area contributed by atoms with E-state index in [0.717, 1.165) is 16.7 Å². The van der Waals surface area contributed by atoms with Gasteiger partial charge in [-0.15, -0.1) is 0 Å². The number of amides is 2. The Bertz CT molecular complexity index is 1000. The van der Waals surface area contributed by atoms with E-state index in [1.165, 1.54) is 12.0 Å². The Morgan fingerprint density at radius 2 is 1.72 bits per heavy atom. The number of nitrogens with two attached hydrogens (primary N) is 1. The number of aryl methyl sites for hydroxylation is 2. The fourth-order valence-electron chi connectivity index (χ4n) is 4.81. The van der Waals surface area contributed by atoms with E-state index in [9.17, 15) is 14.4 Å². The zero-order valence-corrected chi connectivity index (χ0v) is 17.0. The molecular weight excluding hydrogens is 368 g/mol. The van der Waals surface area contributed by atoms with Crippen molar-refractivity contribution in [1.82, 2.24) is 0 Å². The minimum atomic E-state index is -1.17. The quantitative estimate of drug-likeness (QED) is 0.635. The fourth-order valence-corrected chi connectivity index (χ4v) is 4.81. The van der Waals surface area contributed by atoms with Gasteiger partial charge in [0.05, 0.1) is 12.8 Å². The molecule has 2 fully saturated rings. The van der Waals surface area contributed by atoms with Gasteiger partial charge in [-0.25, -0.2) is 9.69 Å². The molecule has 2 aliphatic rings. The molecule has 2 aliphatic heterocycles. The second-order valence-corrected chi connectivity index (χ2v) is 8.23. The maximum atomic E-state index is 13.5. The number of hydrogen-bond acceptors (Lipinski definition) is 4. The lowest BCUT2D eigenvalue weighted by Gasteiger charge is -2.25. The number of ether oxygens (including phenoxy) is 1. The molecule has 0 radical (unpaired) electrons. The Morgan fingerprint density at radius 3 is 2.34 bits per heavy atom. The SMILES string of the molecule is COC(=O)[C@]1(C)[NH2+][C@H](c2cccc(C)c2)[C@H]2C(=O)N(c3ccc(C)cc3)C(=O)[C@H]21. The standard InChI is InChI=1S/C23H24N2O4/c1-13-8-10-16(11-9-13)25-20(26)17-18(21(25)27)23(3,22(28)29-4)24-19(17)15-7-5-6-14(2)12-15/h5-12,17-19,24H,1-4H3/p+1/t17-,18-,19+,23+/m0/s1. The van der Waals surface area contributed by atoms with E-state index in [-0.39, 0.29) is 17.9 Å². The summed E-state index contributed by atoms with van der Waals surface area (Å²) in [5.41, 5.74) is 2.40. The van der Waals surface area contributed by atoms with E-state index in [2.05, 4.69) is 0 Å². The lowest BCUT2D eigenvalue weighted by Crippen LogP contribution is -2.97. The van der Waals surface area contributed by atoms with Crippen LogP contribution < -0.4 is 10.2 Å². The smallest absolute Gasteiger partial charge is 0.368 e. The molecule has 0 unspecified atom stereocenters. The first-order valence-corrected chi connectivity index (χ1v) is 9.73. The number of methoxy groups -OCH3 is 1. The largest absolute Gasteiger partial charge is 0.464 e. The van der Waals surface area contributed by atoms with Gasteiger partial charge in [0.2, 0.25) is 17.4 Å². The van der Waals surface area contributed by atoms with Crippen LogP contribution in [0.15, 0.2) is 48.5 Å². The first kappa shape index (κ1) is 19.3. The third-order valence-corrected chi connectivity index (χ3v) is 6.25. The molecule has 0 spiro atoms. The third kappa shape index (κ3) is 2.86. The number of nitrogens with zero attached hydrogens (tertiary/aromatic N) is 1. The van der Waals surface area contributed by atoms with Gasteiger partial charge >= 0.3 is 5.97 Å². The highest BCUT2D eigenvalue weighted by Gasteiger charge is 2.70. The second-order valence-electron chi connectivity index (χ2n) is 8.23. The summed E-state index contributed by atoms with van der Waals surface area (Å²) in [7, 11) is 1.31. The van der Waals surface area contributed by atoms with E-state index >= 15 is 0 Å². The predicted molar refractivity (Wildman–Crippen MR) is 107 cm³/mol. The topological polar surface area (TPSA) is 80.3 Å². The Hall–Kier alpha value is -2.99. The van der Waals surface area contributed by atoms with E-state index in [4.69, 9.17) is 4.74 Å². The summed E-state index contributed by atoms with van der Waals surface area (Å²) in [5.74, 6) is -2.51. The molecule has 6 nitrogen and oxygen atoms in total. The molecule has 4 rings (SSSR count). The van der Waals surface area contributed by atoms with Crippen LogP contribution in [0.1, 0.15) is 29.7 Å². The normalized spacial score (nSPS) is 28.6. The molecule has 29 heavy (non-hydrogen) atoms. The number of carbonyl (C=O) groups excluding carboxylic acids is 3. The molecule has 2 aromatic rings. The average Bonchev–Trinajstić information content (AvgIpc) is 3.16. The van der Waals surface area contributed by atoms with Crippen LogP contribution in [0.2, 0.25) is 0 Å². The van der Waals surface area contributed by atoms with Gasteiger partial charge in [-0.2, -0.15) is 0 Å². The second kappa shape index (κ2) is 6.81. The summed E-state index contributed by atoms with van der Waals surface area (Å²) in [6.45, 7) is 5.63. The highest BCUT2D eigenvalue weighted by molar-refractivity contribution is 6.23. The summed E-state index contributed by atoms with van der Waals surface area (Å²) in [5, 5.41) is 1.84. The van der Waals surface area contributed by atoms with Gasteiger partial charge in [-0.3, -0.25) is 9.59 Å². The first-order chi connectivity index (χ1) is 13.8. The van der Waals surface area contributed by atoms with Gasteiger partial charge in [-0.05, 0) is 26.0 Å². The van der Waals surface area contributed by atoms with Crippen molar-refractivity contribution >= 4 is 23.5 Å². The van der Waals surface area contributed by atoms with E-state index < -0.39 is 23.3 Å². The Labute approximate surface area is 169 Å². The number of esters is 1. The van der Waals surface area contributed by atoms with Crippen molar-refractivity contribution in [3.8, 4) is 0 Å². The number of rotatable bonds is 3. The zero-order chi connectivity index (χ0) is 20.9. The molecule has 150 valence electrons. The van der Waals surface area contributed by atoms with Crippen LogP contribution in [0.5, 0.6) is 0 Å². The molecule has 0 bridgehead atoms. The van der Waals surface area contributed by atoms with Gasteiger partial charge in [0.1, 0.15) is 17.9 Å². The molecule has 0 aliphatic carbocycles. The highest BCUT2D eigenvalue weighted by Crippen LogP contribution is 2.45. The van der Waals surface area contributed by atoms with Crippen molar-refractivity contribution in [2.24, 2.45) is 11.8 Å². The van der Waals surface area contributed by atoms with Crippen LogP contribution in [0.3, 0.4) is 0 Å². The number of hydrogen-bond donors (Lipinski definition) is 1. The highest BCUT2D eigenvalue weighted by atomic mass is 16.5. The molecule has 0 aromatic heterocycles. The van der Waals surface area contributed by atoms with Crippen molar-refractivity contribution in [1.29, 1.82) is 0 Å². The van der Waals surface area contributed by atoms with Crippen molar-refractivity contribution < 1.29 is 24.4 Å². The molecule has 4 atom stereocenters. The van der Waals surface area contributed by atoms with Crippen molar-refractivity contribution in [2.75, 3.05) is 12.0 Å². The summed E-state index contributed by atoms with van der Waals surface area (Å²) in [4.78, 5) is 40.9. The van der Waals surface area contributed by atoms with Gasteiger partial charge in [-0.1, -0.05) is 47.5 Å². The summed E-state index contributed by atoms with van der Waals surface area (Å²) in [6, 6.07) is 14.8. The Morgan fingerprint density at radius 1 is 1.03 bits per heavy atom. The third-order valence-electron chi connectivity index (χ3n) is 6.25. The maximum Gasteiger partial charge on any atom is 0.368 e. The molecule has 2 N–H and O–H groups in total. The molecule has 0 saturated carbocycles. The van der Waals surface area contributed by atoms with Gasteiger partial charge < -0.3 is 10.1 Å². The minimum Gasteiger partial charge on any atom is -0.464 e. The summed E-state index contributed by atoms with van der Waals surface area (Å²) >= 11 is 0. The summed E-state index contributed by atoms with van der Waals surface area (Å²) < 4.78 is 5.04. The van der Waals surface area contributed by atoms with Crippen molar-refractivity contribution in [2.45, 2.75) is 32.4 Å². The van der Waals surface area contributed by atoms with Crippen LogP contribution in [0, 0.1) is 25.7 Å². The van der Waals surface area contributed by atoms with E-state index in [0.29, 0.717) is 5.69 Å². The number of imide groups is 1. The molecule has 2 saturated heterocycles. The Balaban J connectivity index is 1.83. The number of carbonyl (C=O) groups is 3. The number of benzene rings is 2.